The average Bonchev–Trinajstić information content (AvgIpc) is 3.60. The van der Waals surface area contributed by atoms with Gasteiger partial charge in [0.05, 0.1) is 37.3 Å². The van der Waals surface area contributed by atoms with Gasteiger partial charge in [-0.1, -0.05) is 20.8 Å². The quantitative estimate of drug-likeness (QED) is 0.142. The van der Waals surface area contributed by atoms with Crippen molar-refractivity contribution in [2.45, 2.75) is 192 Å². The van der Waals surface area contributed by atoms with E-state index in [9.17, 15) is 29.1 Å². The lowest BCUT2D eigenvalue weighted by Gasteiger charge is -2.51. The number of aliphatic hydroxyl groups excluding tert-OH is 1. The number of ether oxygens (including phenoxy) is 12. The SMILES string of the molecule is CCC(=O)OC1C(C)OC(OC2C(C)OC(O[C@@H]3C(OC)[C@H](OC(=O)CC)CC(=O)O[C@H](C)CCN4C[C@H](OC4=O)[C@H](C)C[C@@H]3CC(OC)OC)C(O)C2N(C)C)CC1(C)OC(C)=O. The summed E-state index contributed by atoms with van der Waals surface area (Å²) in [6, 6.07) is -0.802. The van der Waals surface area contributed by atoms with E-state index in [0.717, 1.165) is 0 Å². The summed E-state index contributed by atoms with van der Waals surface area (Å²) in [6.07, 6.45) is -12.3. The Morgan fingerprint density at radius 1 is 0.906 bits per heavy atom. The smallest absolute Gasteiger partial charge is 0.410 e. The molecule has 16 atom stereocenters. The molecule has 0 saturated carbocycles. The topological polar surface area (TPSA) is 223 Å². The Morgan fingerprint density at radius 3 is 2.16 bits per heavy atom. The molecule has 1 amide bonds. The van der Waals surface area contributed by atoms with Crippen LogP contribution < -0.4 is 0 Å². The molecule has 0 aliphatic carbocycles. The first-order valence-corrected chi connectivity index (χ1v) is 22.5. The number of fused-ring (bicyclic) bond motifs is 2. The van der Waals surface area contributed by atoms with Crippen LogP contribution >= 0.6 is 0 Å². The van der Waals surface area contributed by atoms with E-state index in [0.29, 0.717) is 25.9 Å². The third-order valence-electron chi connectivity index (χ3n) is 12.6. The van der Waals surface area contributed by atoms with Crippen LogP contribution in [0.25, 0.3) is 0 Å². The fourth-order valence-electron chi connectivity index (χ4n) is 9.30. The van der Waals surface area contributed by atoms with Crippen LogP contribution in [0.15, 0.2) is 0 Å². The third-order valence-corrected chi connectivity index (χ3v) is 12.6. The van der Waals surface area contributed by atoms with Gasteiger partial charge in [0.25, 0.3) is 0 Å². The molecule has 10 unspecified atom stereocenters. The number of hydrogen-bond acceptors (Lipinski definition) is 19. The Kier molecular flexibility index (Phi) is 20.0. The second-order valence-corrected chi connectivity index (χ2v) is 17.9. The van der Waals surface area contributed by atoms with Gasteiger partial charge in [-0.2, -0.15) is 0 Å². The van der Waals surface area contributed by atoms with Crippen LogP contribution in [-0.4, -0.2) is 185 Å². The van der Waals surface area contributed by atoms with Crippen molar-refractivity contribution in [3.8, 4) is 0 Å². The molecule has 4 fully saturated rings. The molecule has 4 saturated heterocycles. The van der Waals surface area contributed by atoms with Crippen LogP contribution in [0.3, 0.4) is 0 Å². The lowest BCUT2D eigenvalue weighted by Crippen LogP contribution is -2.66. The van der Waals surface area contributed by atoms with E-state index in [1.165, 1.54) is 28.3 Å². The van der Waals surface area contributed by atoms with Gasteiger partial charge in [0.2, 0.25) is 0 Å². The second-order valence-electron chi connectivity index (χ2n) is 17.9. The lowest BCUT2D eigenvalue weighted by molar-refractivity contribution is -0.345. The zero-order chi connectivity index (χ0) is 47.6. The maximum atomic E-state index is 13.6. The van der Waals surface area contributed by atoms with Crippen LogP contribution in [0.5, 0.6) is 0 Å². The first-order valence-electron chi connectivity index (χ1n) is 22.5. The minimum atomic E-state index is -1.41. The van der Waals surface area contributed by atoms with Crippen molar-refractivity contribution in [2.24, 2.45) is 11.8 Å². The Balaban J connectivity index is 1.75. The van der Waals surface area contributed by atoms with Crippen molar-refractivity contribution < 1.29 is 85.9 Å². The van der Waals surface area contributed by atoms with E-state index in [2.05, 4.69) is 0 Å². The number of hydrogen-bond donors (Lipinski definition) is 1. The summed E-state index contributed by atoms with van der Waals surface area (Å²) in [5.41, 5.74) is -1.32. The molecule has 368 valence electrons. The molecular weight excluding hydrogens is 844 g/mol. The first-order chi connectivity index (χ1) is 30.2. The molecule has 2 bridgehead atoms. The van der Waals surface area contributed by atoms with Gasteiger partial charge in [0.1, 0.15) is 36.6 Å². The van der Waals surface area contributed by atoms with E-state index in [-0.39, 0.29) is 31.6 Å². The third kappa shape index (κ3) is 13.7. The molecule has 4 rings (SSSR count). The van der Waals surface area contributed by atoms with E-state index < -0.39 is 134 Å². The number of esters is 4. The fourth-order valence-corrected chi connectivity index (χ4v) is 9.30. The molecule has 0 radical (unpaired) electrons. The maximum Gasteiger partial charge on any atom is 0.410 e. The summed E-state index contributed by atoms with van der Waals surface area (Å²) in [5.74, 6) is -3.17. The van der Waals surface area contributed by atoms with Crippen molar-refractivity contribution in [1.29, 1.82) is 0 Å². The normalized spacial score (nSPS) is 37.9. The minimum Gasteiger partial charge on any atom is -0.462 e. The molecule has 0 aromatic heterocycles. The predicted molar refractivity (Wildman–Crippen MR) is 224 cm³/mol. The van der Waals surface area contributed by atoms with E-state index in [4.69, 9.17) is 56.8 Å². The van der Waals surface area contributed by atoms with Crippen molar-refractivity contribution >= 4 is 30.0 Å². The van der Waals surface area contributed by atoms with Crippen molar-refractivity contribution in [2.75, 3.05) is 48.5 Å². The Bertz CT molecular complexity index is 1550. The highest BCUT2D eigenvalue weighted by molar-refractivity contribution is 5.73. The number of cyclic esters (lactones) is 1. The highest BCUT2D eigenvalue weighted by atomic mass is 16.7. The van der Waals surface area contributed by atoms with Gasteiger partial charge in [-0.05, 0) is 60.0 Å². The number of methoxy groups -OCH3 is 3. The maximum absolute atomic E-state index is 13.6. The highest BCUT2D eigenvalue weighted by Crippen LogP contribution is 2.40. The number of rotatable bonds is 15. The lowest BCUT2D eigenvalue weighted by atomic mass is 9.82. The molecule has 0 aromatic carbocycles. The van der Waals surface area contributed by atoms with Gasteiger partial charge >= 0.3 is 30.0 Å². The monoisotopic (exact) mass is 918 g/mol. The Hall–Kier alpha value is -3.21. The van der Waals surface area contributed by atoms with Crippen molar-refractivity contribution in [1.82, 2.24) is 9.80 Å². The molecular formula is C44H74N2O18. The molecule has 4 aliphatic rings. The summed E-state index contributed by atoms with van der Waals surface area (Å²) < 4.78 is 73.0. The van der Waals surface area contributed by atoms with E-state index >= 15 is 0 Å². The molecule has 20 nitrogen and oxygen atoms in total. The number of nitrogens with zero attached hydrogens (tertiary/aromatic N) is 2. The second kappa shape index (κ2) is 24.0. The van der Waals surface area contributed by atoms with Crippen LogP contribution in [0, 0.1) is 11.8 Å². The number of likely N-dealkylation sites (N-methyl/N-ethyl adjacent to an activating group) is 1. The van der Waals surface area contributed by atoms with Crippen molar-refractivity contribution in [3.05, 3.63) is 0 Å². The predicted octanol–water partition coefficient (Wildman–Crippen LogP) is 3.11. The average molecular weight is 919 g/mol. The highest BCUT2D eigenvalue weighted by Gasteiger charge is 2.55. The molecule has 1 N–H and O–H groups in total. The molecule has 20 heteroatoms. The summed E-state index contributed by atoms with van der Waals surface area (Å²) in [7, 11) is 7.93. The van der Waals surface area contributed by atoms with Crippen LogP contribution in [0.2, 0.25) is 0 Å². The van der Waals surface area contributed by atoms with Gasteiger partial charge in [-0.3, -0.25) is 19.2 Å². The Labute approximate surface area is 377 Å². The number of aliphatic hydroxyl groups is 1. The van der Waals surface area contributed by atoms with Crippen molar-refractivity contribution in [3.63, 3.8) is 0 Å². The number of amides is 1. The number of carbonyl (C=O) groups excluding carboxylic acids is 5. The first kappa shape index (κ1) is 53.4. The van der Waals surface area contributed by atoms with Gasteiger partial charge in [0.15, 0.2) is 30.6 Å². The molecule has 0 spiro atoms. The van der Waals surface area contributed by atoms with Crippen LogP contribution in [-0.2, 0) is 76.0 Å². The van der Waals surface area contributed by atoms with Gasteiger partial charge in [-0.15, -0.1) is 0 Å². The molecule has 0 aromatic rings. The molecule has 64 heavy (non-hydrogen) atoms. The summed E-state index contributed by atoms with van der Waals surface area (Å²) >= 11 is 0. The van der Waals surface area contributed by atoms with E-state index in [1.54, 1.807) is 65.4 Å². The van der Waals surface area contributed by atoms with Gasteiger partial charge < -0.3 is 71.7 Å². The van der Waals surface area contributed by atoms with Gasteiger partial charge in [-0.25, -0.2) is 4.79 Å². The zero-order valence-corrected chi connectivity index (χ0v) is 39.9. The van der Waals surface area contributed by atoms with Crippen LogP contribution in [0.1, 0.15) is 100 Å². The van der Waals surface area contributed by atoms with Gasteiger partial charge in [0, 0.05) is 66.9 Å². The summed E-state index contributed by atoms with van der Waals surface area (Å²) in [5, 5.41) is 12.4. The Morgan fingerprint density at radius 2 is 1.56 bits per heavy atom. The standard InChI is InChI=1S/C44H74N2O18/c1-14-31(48)59-29-20-33(50)56-24(4)16-17-46-22-30(60-43(46)52)23(3)18-28(19-34(53-11)54-12)39(40(29)55-13)63-42-37(51)36(45(9)10)38(25(5)58-42)62-35-21-44(8,64-27(7)47)41(26(6)57-35)61-32(49)15-2/h23-26,28-30,34-42,51H,14-22H2,1-13H3/t23-,24-,25?,26?,28-,29-,30+,35?,36?,37?,38?,39+,40?,41?,42?,44?/m1/s1. The molecule has 4 aliphatic heterocycles. The molecule has 4 heterocycles. The summed E-state index contributed by atoms with van der Waals surface area (Å²) in [6.45, 7) is 14.0. The van der Waals surface area contributed by atoms with E-state index in [1.807, 2.05) is 6.92 Å². The van der Waals surface area contributed by atoms with Crippen LogP contribution in [0.4, 0.5) is 4.79 Å². The number of carbonyl (C=O) groups is 5. The largest absolute Gasteiger partial charge is 0.462 e. The zero-order valence-electron chi connectivity index (χ0n) is 39.9. The minimum absolute atomic E-state index is 0.00457. The summed E-state index contributed by atoms with van der Waals surface area (Å²) in [4.78, 5) is 67.8. The fraction of sp³-hybridized carbons (Fsp3) is 0.886.